The third-order valence-electron chi connectivity index (χ3n) is 2.86. The topological polar surface area (TPSA) is 73.2 Å². The van der Waals surface area contributed by atoms with Crippen LogP contribution in [0, 0.1) is 0 Å². The number of nitrogens with zero attached hydrogens (tertiary/aromatic N) is 2. The van der Waals surface area contributed by atoms with Gasteiger partial charge in [0.1, 0.15) is 11.4 Å². The van der Waals surface area contributed by atoms with E-state index in [1.807, 2.05) is 0 Å². The maximum Gasteiger partial charge on any atom is 0.411 e. The molecule has 0 fully saturated rings. The number of amides is 1. The molecular formula is C13H14F3N3O3S. The number of alkyl halides is 3. The van der Waals surface area contributed by atoms with E-state index in [1.165, 1.54) is 22.2 Å². The highest BCUT2D eigenvalue weighted by molar-refractivity contribution is 7.16. The molecule has 0 saturated carbocycles. The number of rotatable bonds is 7. The maximum absolute atomic E-state index is 12.1. The molecule has 0 saturated heterocycles. The van der Waals surface area contributed by atoms with Crippen molar-refractivity contribution in [2.75, 3.05) is 19.8 Å². The van der Waals surface area contributed by atoms with Gasteiger partial charge in [-0.3, -0.25) is 14.2 Å². The minimum Gasteiger partial charge on any atom is -0.370 e. The molecule has 0 bridgehead atoms. The van der Waals surface area contributed by atoms with Crippen molar-refractivity contribution in [2.45, 2.75) is 19.1 Å². The van der Waals surface area contributed by atoms with Gasteiger partial charge >= 0.3 is 6.18 Å². The molecule has 2 aromatic heterocycles. The average Bonchev–Trinajstić information content (AvgIpc) is 2.94. The molecule has 2 aromatic rings. The fourth-order valence-corrected chi connectivity index (χ4v) is 2.54. The Bertz CT molecular complexity index is 726. The molecule has 1 N–H and O–H groups in total. The monoisotopic (exact) mass is 349 g/mol. The average molecular weight is 349 g/mol. The molecule has 23 heavy (non-hydrogen) atoms. The quantitative estimate of drug-likeness (QED) is 0.770. The highest BCUT2D eigenvalue weighted by Gasteiger charge is 2.27. The van der Waals surface area contributed by atoms with Crippen molar-refractivity contribution in [3.8, 4) is 0 Å². The minimum atomic E-state index is -4.38. The maximum atomic E-state index is 12.1. The third-order valence-corrected chi connectivity index (χ3v) is 3.69. The molecule has 1 amide bonds. The Morgan fingerprint density at radius 1 is 1.43 bits per heavy atom. The summed E-state index contributed by atoms with van der Waals surface area (Å²) in [5.74, 6) is -0.377. The van der Waals surface area contributed by atoms with E-state index >= 15 is 0 Å². The highest BCUT2D eigenvalue weighted by atomic mass is 32.1. The first-order chi connectivity index (χ1) is 10.9. The van der Waals surface area contributed by atoms with Crippen LogP contribution >= 0.6 is 11.3 Å². The second-order valence-corrected chi connectivity index (χ2v) is 5.54. The van der Waals surface area contributed by atoms with Gasteiger partial charge in [0.25, 0.3) is 5.56 Å². The summed E-state index contributed by atoms with van der Waals surface area (Å²) >= 11 is 1.35. The zero-order valence-corrected chi connectivity index (χ0v) is 12.7. The predicted octanol–water partition coefficient (Wildman–Crippen LogP) is 1.54. The van der Waals surface area contributed by atoms with Crippen molar-refractivity contribution >= 4 is 27.5 Å². The van der Waals surface area contributed by atoms with Gasteiger partial charge in [0.05, 0.1) is 18.3 Å². The number of thiophene rings is 1. The fraction of sp³-hybridized carbons (Fsp3) is 0.462. The zero-order valence-electron chi connectivity index (χ0n) is 11.9. The van der Waals surface area contributed by atoms with Gasteiger partial charge in [0.15, 0.2) is 0 Å². The van der Waals surface area contributed by atoms with Crippen molar-refractivity contribution in [2.24, 2.45) is 0 Å². The molecular weight excluding hydrogens is 335 g/mol. The van der Waals surface area contributed by atoms with E-state index in [0.29, 0.717) is 10.2 Å². The molecule has 2 rings (SSSR count). The summed E-state index contributed by atoms with van der Waals surface area (Å²) in [7, 11) is 0. The molecule has 10 heteroatoms. The first-order valence-electron chi connectivity index (χ1n) is 6.70. The number of aryl methyl sites for hydroxylation is 1. The van der Waals surface area contributed by atoms with Crippen LogP contribution < -0.4 is 10.9 Å². The van der Waals surface area contributed by atoms with Crippen LogP contribution in [-0.2, 0) is 16.1 Å². The van der Waals surface area contributed by atoms with Gasteiger partial charge in [-0.25, -0.2) is 4.98 Å². The summed E-state index contributed by atoms with van der Waals surface area (Å²) in [6, 6.07) is 1.67. The zero-order chi connectivity index (χ0) is 16.9. The largest absolute Gasteiger partial charge is 0.411 e. The van der Waals surface area contributed by atoms with Crippen LogP contribution in [0.2, 0.25) is 0 Å². The Morgan fingerprint density at radius 2 is 2.22 bits per heavy atom. The van der Waals surface area contributed by atoms with E-state index in [-0.39, 0.29) is 37.6 Å². The molecule has 0 atom stereocenters. The number of hydrogen-bond donors (Lipinski definition) is 1. The molecule has 0 aliphatic rings. The number of halogens is 3. The summed E-state index contributed by atoms with van der Waals surface area (Å²) in [5, 5.41) is 4.69. The molecule has 6 nitrogen and oxygen atoms in total. The van der Waals surface area contributed by atoms with Gasteiger partial charge < -0.3 is 10.1 Å². The van der Waals surface area contributed by atoms with E-state index in [1.54, 1.807) is 11.4 Å². The van der Waals surface area contributed by atoms with Crippen LogP contribution in [0.25, 0.3) is 10.2 Å². The lowest BCUT2D eigenvalue weighted by Gasteiger charge is -2.09. The molecule has 0 aliphatic heterocycles. The minimum absolute atomic E-state index is 0.0222. The summed E-state index contributed by atoms with van der Waals surface area (Å²) in [6.45, 7) is -1.45. The molecule has 2 heterocycles. The van der Waals surface area contributed by atoms with E-state index < -0.39 is 12.8 Å². The van der Waals surface area contributed by atoms with Crippen molar-refractivity contribution in [1.82, 2.24) is 14.9 Å². The van der Waals surface area contributed by atoms with E-state index in [0.717, 1.165) is 0 Å². The van der Waals surface area contributed by atoms with Crippen LogP contribution in [0.3, 0.4) is 0 Å². The molecule has 0 spiro atoms. The van der Waals surface area contributed by atoms with Gasteiger partial charge in [-0.2, -0.15) is 13.2 Å². The van der Waals surface area contributed by atoms with Crippen LogP contribution in [0.15, 0.2) is 22.6 Å². The number of aromatic nitrogens is 2. The van der Waals surface area contributed by atoms with Gasteiger partial charge in [0.2, 0.25) is 5.91 Å². The van der Waals surface area contributed by atoms with Crippen LogP contribution in [0.5, 0.6) is 0 Å². The number of nitrogens with one attached hydrogen (secondary N) is 1. The second kappa shape index (κ2) is 7.55. The van der Waals surface area contributed by atoms with Crippen LogP contribution in [0.4, 0.5) is 13.2 Å². The van der Waals surface area contributed by atoms with Gasteiger partial charge in [0, 0.05) is 19.5 Å². The molecule has 0 aromatic carbocycles. The lowest BCUT2D eigenvalue weighted by atomic mass is 10.3. The van der Waals surface area contributed by atoms with Crippen molar-refractivity contribution < 1.29 is 22.7 Å². The Balaban J connectivity index is 1.73. The van der Waals surface area contributed by atoms with Crippen LogP contribution in [0.1, 0.15) is 6.42 Å². The number of ether oxygens (including phenoxy) is 1. The molecule has 0 unspecified atom stereocenters. The number of carbonyl (C=O) groups is 1. The van der Waals surface area contributed by atoms with Crippen LogP contribution in [-0.4, -0.2) is 41.4 Å². The lowest BCUT2D eigenvalue weighted by Crippen LogP contribution is -2.30. The van der Waals surface area contributed by atoms with E-state index in [9.17, 15) is 22.8 Å². The van der Waals surface area contributed by atoms with Crippen molar-refractivity contribution in [3.63, 3.8) is 0 Å². The van der Waals surface area contributed by atoms with Gasteiger partial charge in [-0.05, 0) is 11.4 Å². The summed E-state index contributed by atoms with van der Waals surface area (Å²) in [5.41, 5.74) is -0.224. The molecule has 0 radical (unpaired) electrons. The fourth-order valence-electron chi connectivity index (χ4n) is 1.81. The molecule has 0 aliphatic carbocycles. The first kappa shape index (κ1) is 17.4. The van der Waals surface area contributed by atoms with Crippen molar-refractivity contribution in [1.29, 1.82) is 0 Å². The standard InChI is InChI=1S/C13H14F3N3O3S/c14-13(15,16)7-22-5-3-17-10(20)1-4-19-8-18-11-9(12(19)21)2-6-23-11/h2,6,8H,1,3-5,7H2,(H,17,20). The van der Waals surface area contributed by atoms with Gasteiger partial charge in [-0.15, -0.1) is 11.3 Å². The Kier molecular flexibility index (Phi) is 5.72. The lowest BCUT2D eigenvalue weighted by molar-refractivity contribution is -0.173. The second-order valence-electron chi connectivity index (χ2n) is 4.65. The summed E-state index contributed by atoms with van der Waals surface area (Å²) < 4.78 is 41.2. The van der Waals surface area contributed by atoms with E-state index in [2.05, 4.69) is 15.0 Å². The highest BCUT2D eigenvalue weighted by Crippen LogP contribution is 2.14. The molecule has 126 valence electrons. The first-order valence-corrected chi connectivity index (χ1v) is 7.58. The predicted molar refractivity (Wildman–Crippen MR) is 78.4 cm³/mol. The Labute approximate surface area is 132 Å². The SMILES string of the molecule is O=C(CCn1cnc2sccc2c1=O)NCCOCC(F)(F)F. The summed E-state index contributed by atoms with van der Waals surface area (Å²) in [6.07, 6.45) is -2.98. The number of fused-ring (bicyclic) bond motifs is 1. The van der Waals surface area contributed by atoms with Crippen molar-refractivity contribution in [3.05, 3.63) is 28.1 Å². The Morgan fingerprint density at radius 3 is 2.96 bits per heavy atom. The van der Waals surface area contributed by atoms with Gasteiger partial charge in [-0.1, -0.05) is 0 Å². The normalized spacial score (nSPS) is 11.8. The number of carbonyl (C=O) groups excluding carboxylic acids is 1. The van der Waals surface area contributed by atoms with E-state index in [4.69, 9.17) is 0 Å². The third kappa shape index (κ3) is 5.32. The Hall–Kier alpha value is -1.94. The number of hydrogen-bond acceptors (Lipinski definition) is 5. The summed E-state index contributed by atoms with van der Waals surface area (Å²) in [4.78, 5) is 28.4. The smallest absolute Gasteiger partial charge is 0.370 e.